The second-order valence-corrected chi connectivity index (χ2v) is 6.10. The highest BCUT2D eigenvalue weighted by Crippen LogP contribution is 2.23. The molecule has 7 heteroatoms. The van der Waals surface area contributed by atoms with Crippen molar-refractivity contribution in [3.05, 3.63) is 47.2 Å². The van der Waals surface area contributed by atoms with E-state index in [-0.39, 0.29) is 17.5 Å². The largest absolute Gasteiger partial charge is 0.476 e. The van der Waals surface area contributed by atoms with E-state index in [0.717, 1.165) is 11.1 Å². The zero-order chi connectivity index (χ0) is 16.7. The topological polar surface area (TPSA) is 76.5 Å². The van der Waals surface area contributed by atoms with Gasteiger partial charge in [-0.25, -0.2) is 4.68 Å². The number of fused-ring (bicyclic) bond motifs is 2. The van der Waals surface area contributed by atoms with E-state index in [4.69, 9.17) is 4.74 Å². The number of rotatable bonds is 3. The highest BCUT2D eigenvalue weighted by Gasteiger charge is 2.28. The first kappa shape index (κ1) is 14.7. The van der Waals surface area contributed by atoms with Crippen molar-refractivity contribution in [1.82, 2.24) is 20.0 Å². The Morgan fingerprint density at radius 1 is 1.25 bits per heavy atom. The monoisotopic (exact) mass is 326 g/mol. The second-order valence-electron chi connectivity index (χ2n) is 6.10. The van der Waals surface area contributed by atoms with Crippen molar-refractivity contribution < 1.29 is 14.3 Å². The summed E-state index contributed by atoms with van der Waals surface area (Å²) in [5.74, 6) is 0.134. The van der Waals surface area contributed by atoms with Crippen molar-refractivity contribution in [3.8, 4) is 5.88 Å². The number of hydrogen-bond donors (Lipinski definition) is 1. The lowest BCUT2D eigenvalue weighted by molar-refractivity contribution is -0.133. The van der Waals surface area contributed by atoms with Gasteiger partial charge in [-0.05, 0) is 18.1 Å². The van der Waals surface area contributed by atoms with Gasteiger partial charge in [0.2, 0.25) is 11.8 Å². The molecule has 1 aromatic carbocycles. The van der Waals surface area contributed by atoms with Crippen LogP contribution in [0.5, 0.6) is 5.88 Å². The van der Waals surface area contributed by atoms with E-state index >= 15 is 0 Å². The van der Waals surface area contributed by atoms with Crippen molar-refractivity contribution in [2.24, 2.45) is 0 Å². The molecular formula is C17H18N4O3. The van der Waals surface area contributed by atoms with Gasteiger partial charge in [-0.3, -0.25) is 9.59 Å². The highest BCUT2D eigenvalue weighted by atomic mass is 16.5. The Morgan fingerprint density at radius 3 is 2.62 bits per heavy atom. The van der Waals surface area contributed by atoms with Gasteiger partial charge in [0.15, 0.2) is 5.69 Å². The van der Waals surface area contributed by atoms with E-state index < -0.39 is 6.04 Å². The molecule has 2 amide bonds. The normalized spacial score (nSPS) is 16.3. The third-order valence-electron chi connectivity index (χ3n) is 4.40. The van der Waals surface area contributed by atoms with Gasteiger partial charge < -0.3 is 15.0 Å². The van der Waals surface area contributed by atoms with Gasteiger partial charge in [0.1, 0.15) is 12.6 Å². The molecule has 0 spiro atoms. The summed E-state index contributed by atoms with van der Waals surface area (Å²) in [6, 6.07) is 8.99. The van der Waals surface area contributed by atoms with Crippen LogP contribution in [-0.4, -0.2) is 39.1 Å². The molecule has 2 aliphatic heterocycles. The number of nitrogens with zero attached hydrogens (tertiary/aromatic N) is 3. The number of benzene rings is 1. The molecule has 2 aromatic rings. The first-order valence-corrected chi connectivity index (χ1v) is 7.99. The van der Waals surface area contributed by atoms with Crippen LogP contribution in [0, 0.1) is 0 Å². The molecule has 0 bridgehead atoms. The average molecular weight is 326 g/mol. The van der Waals surface area contributed by atoms with Crippen LogP contribution in [0.15, 0.2) is 30.3 Å². The van der Waals surface area contributed by atoms with Crippen LogP contribution < -0.4 is 10.1 Å². The van der Waals surface area contributed by atoms with Crippen LogP contribution in [0.2, 0.25) is 0 Å². The van der Waals surface area contributed by atoms with E-state index in [2.05, 4.69) is 10.4 Å². The molecule has 7 nitrogen and oxygen atoms in total. The maximum atomic E-state index is 12.6. The van der Waals surface area contributed by atoms with Crippen molar-refractivity contribution in [2.45, 2.75) is 32.6 Å². The molecule has 1 atom stereocenters. The fourth-order valence-electron chi connectivity index (χ4n) is 3.12. The van der Waals surface area contributed by atoms with Crippen LogP contribution in [0.25, 0.3) is 0 Å². The first-order chi connectivity index (χ1) is 11.6. The van der Waals surface area contributed by atoms with Crippen molar-refractivity contribution in [1.29, 1.82) is 0 Å². The number of ether oxygens (including phenoxy) is 1. The summed E-state index contributed by atoms with van der Waals surface area (Å²) in [6.07, 6.45) is 0. The van der Waals surface area contributed by atoms with Crippen molar-refractivity contribution in [2.75, 3.05) is 6.61 Å². The Labute approximate surface area is 139 Å². The van der Waals surface area contributed by atoms with Gasteiger partial charge >= 0.3 is 0 Å². The molecule has 0 aliphatic carbocycles. The Balaban J connectivity index is 1.40. The summed E-state index contributed by atoms with van der Waals surface area (Å²) < 4.78 is 7.00. The Kier molecular flexibility index (Phi) is 3.48. The predicted molar refractivity (Wildman–Crippen MR) is 85.3 cm³/mol. The minimum atomic E-state index is -0.607. The summed E-state index contributed by atoms with van der Waals surface area (Å²) in [5.41, 5.74) is 2.59. The van der Waals surface area contributed by atoms with E-state index in [1.54, 1.807) is 22.6 Å². The van der Waals surface area contributed by atoms with Gasteiger partial charge in [-0.1, -0.05) is 24.3 Å². The maximum absolute atomic E-state index is 12.6. The van der Waals surface area contributed by atoms with Crippen LogP contribution in [0.3, 0.4) is 0 Å². The average Bonchev–Trinajstić information content (AvgIpc) is 3.27. The van der Waals surface area contributed by atoms with E-state index in [1.807, 2.05) is 24.3 Å². The van der Waals surface area contributed by atoms with Gasteiger partial charge in [0.05, 0.1) is 6.54 Å². The highest BCUT2D eigenvalue weighted by molar-refractivity contribution is 5.96. The van der Waals surface area contributed by atoms with E-state index in [0.29, 0.717) is 32.1 Å². The number of aromatic nitrogens is 2. The molecule has 4 rings (SSSR count). The van der Waals surface area contributed by atoms with E-state index in [9.17, 15) is 9.59 Å². The number of carbonyl (C=O) groups excluding carboxylic acids is 2. The zero-order valence-corrected chi connectivity index (χ0v) is 13.4. The van der Waals surface area contributed by atoms with Gasteiger partial charge in [-0.15, -0.1) is 0 Å². The first-order valence-electron chi connectivity index (χ1n) is 7.99. The molecule has 1 N–H and O–H groups in total. The molecule has 2 aliphatic rings. The summed E-state index contributed by atoms with van der Waals surface area (Å²) in [5, 5.41) is 6.91. The van der Waals surface area contributed by atoms with Crippen molar-refractivity contribution in [3.63, 3.8) is 0 Å². The van der Waals surface area contributed by atoms with Gasteiger partial charge in [0, 0.05) is 19.2 Å². The standard InChI is InChI=1S/C17H18N4O3/c1-11(17(23)20-9-12-4-2-3-5-13(12)10-20)18-16(22)14-8-15-21(19-14)6-7-24-15/h2-5,8,11H,6-7,9-10H2,1H3,(H,18,22)/t11-/m0/s1. The molecule has 3 heterocycles. The summed E-state index contributed by atoms with van der Waals surface area (Å²) in [4.78, 5) is 26.6. The second kappa shape index (κ2) is 5.67. The molecule has 1 aromatic heterocycles. The minimum Gasteiger partial charge on any atom is -0.476 e. The number of nitrogens with one attached hydrogen (secondary N) is 1. The van der Waals surface area contributed by atoms with Crippen LogP contribution >= 0.6 is 0 Å². The third-order valence-corrected chi connectivity index (χ3v) is 4.40. The molecule has 0 radical (unpaired) electrons. The minimum absolute atomic E-state index is 0.0949. The summed E-state index contributed by atoms with van der Waals surface area (Å²) in [6.45, 7) is 4.09. The fourth-order valence-corrected chi connectivity index (χ4v) is 3.12. The van der Waals surface area contributed by atoms with Crippen LogP contribution in [0.1, 0.15) is 28.5 Å². The smallest absolute Gasteiger partial charge is 0.272 e. The summed E-state index contributed by atoms with van der Waals surface area (Å²) in [7, 11) is 0. The van der Waals surface area contributed by atoms with Crippen LogP contribution in [-0.2, 0) is 24.4 Å². The molecule has 0 unspecified atom stereocenters. The zero-order valence-electron chi connectivity index (χ0n) is 13.4. The molecule has 24 heavy (non-hydrogen) atoms. The van der Waals surface area contributed by atoms with E-state index in [1.165, 1.54) is 0 Å². The predicted octanol–water partition coefficient (Wildman–Crippen LogP) is 0.936. The molecule has 0 saturated heterocycles. The Morgan fingerprint density at radius 2 is 1.96 bits per heavy atom. The Bertz CT molecular complexity index is 767. The summed E-state index contributed by atoms with van der Waals surface area (Å²) >= 11 is 0. The van der Waals surface area contributed by atoms with Gasteiger partial charge in [0.25, 0.3) is 5.91 Å². The lowest BCUT2D eigenvalue weighted by Gasteiger charge is -2.21. The lowest BCUT2D eigenvalue weighted by atomic mass is 10.1. The maximum Gasteiger partial charge on any atom is 0.272 e. The van der Waals surface area contributed by atoms with Crippen molar-refractivity contribution >= 4 is 11.8 Å². The Hall–Kier alpha value is -2.83. The van der Waals surface area contributed by atoms with Crippen LogP contribution in [0.4, 0.5) is 0 Å². The molecule has 0 fully saturated rings. The fraction of sp³-hybridized carbons (Fsp3) is 0.353. The number of amides is 2. The molecule has 124 valence electrons. The third kappa shape index (κ3) is 2.51. The molecule has 0 saturated carbocycles. The SMILES string of the molecule is C[C@H](NC(=O)c1cc2n(n1)CCO2)C(=O)N1Cc2ccccc2C1. The quantitative estimate of drug-likeness (QED) is 0.910. The van der Waals surface area contributed by atoms with Gasteiger partial charge in [-0.2, -0.15) is 5.10 Å². The lowest BCUT2D eigenvalue weighted by Crippen LogP contribution is -2.45. The molecular weight excluding hydrogens is 308 g/mol. The number of carbonyl (C=O) groups is 2. The number of hydrogen-bond acceptors (Lipinski definition) is 4.